The van der Waals surface area contributed by atoms with Crippen molar-refractivity contribution in [1.29, 1.82) is 0 Å². The van der Waals surface area contributed by atoms with Crippen LogP contribution in [0.5, 0.6) is 0 Å². The number of aliphatic hydroxyl groups excluding tert-OH is 1. The molecule has 0 spiro atoms. The largest absolute Gasteiger partial charge is 0.395 e. The number of rotatable bonds is 6. The van der Waals surface area contributed by atoms with Crippen LogP contribution in [0.3, 0.4) is 0 Å². The maximum absolute atomic E-state index is 11.5. The Kier molecular flexibility index (Phi) is 6.10. The van der Waals surface area contributed by atoms with Gasteiger partial charge >= 0.3 is 0 Å². The van der Waals surface area contributed by atoms with E-state index >= 15 is 0 Å². The number of carbonyl (C=O) groups excluding carboxylic acids is 1. The minimum atomic E-state index is -0.386. The van der Waals surface area contributed by atoms with Gasteiger partial charge in [0.15, 0.2) is 0 Å². The van der Waals surface area contributed by atoms with Gasteiger partial charge in [0.05, 0.1) is 12.3 Å². The molecular weight excluding hydrogens is 268 g/mol. The Hall–Kier alpha value is -1.50. The van der Waals surface area contributed by atoms with Crippen molar-refractivity contribution in [2.75, 3.05) is 13.2 Å². The van der Waals surface area contributed by atoms with Crippen molar-refractivity contribution in [2.24, 2.45) is 5.84 Å². The smallest absolute Gasteiger partial charge is 0.283 e. The van der Waals surface area contributed by atoms with Gasteiger partial charge in [-0.2, -0.15) is 0 Å². The first-order valence-corrected chi connectivity index (χ1v) is 7.56. The highest BCUT2D eigenvalue weighted by Gasteiger charge is 2.21. The summed E-state index contributed by atoms with van der Waals surface area (Å²) in [7, 11) is 0. The fraction of sp³-hybridized carbons (Fsp3) is 0.600. The summed E-state index contributed by atoms with van der Waals surface area (Å²) in [5, 5.41) is 9.28. The van der Waals surface area contributed by atoms with Crippen LogP contribution in [0.4, 0.5) is 0 Å². The molecule has 4 N–H and O–H groups in total. The molecule has 6 nitrogen and oxygen atoms in total. The lowest BCUT2D eigenvalue weighted by Crippen LogP contribution is -2.38. The number of nitrogens with two attached hydrogens (primary N) is 1. The van der Waals surface area contributed by atoms with Crippen LogP contribution in [0, 0.1) is 0 Å². The van der Waals surface area contributed by atoms with Crippen LogP contribution >= 0.6 is 0 Å². The molecular formula is C15H24N4O2. The van der Waals surface area contributed by atoms with Crippen LogP contribution in [0.25, 0.3) is 0 Å². The highest BCUT2D eigenvalue weighted by Crippen LogP contribution is 2.23. The molecule has 0 aromatic carbocycles. The van der Waals surface area contributed by atoms with Gasteiger partial charge in [0.2, 0.25) is 0 Å². The average molecular weight is 292 g/mol. The highest BCUT2D eigenvalue weighted by molar-refractivity contribution is 5.91. The topological polar surface area (TPSA) is 91.5 Å². The van der Waals surface area contributed by atoms with Gasteiger partial charge in [0, 0.05) is 19.1 Å². The van der Waals surface area contributed by atoms with E-state index in [2.05, 4.69) is 15.3 Å². The van der Waals surface area contributed by atoms with Crippen LogP contribution in [0.1, 0.15) is 48.3 Å². The number of hydrogen-bond acceptors (Lipinski definition) is 5. The van der Waals surface area contributed by atoms with Crippen molar-refractivity contribution in [3.05, 3.63) is 29.6 Å². The third-order valence-corrected chi connectivity index (χ3v) is 4.01. The van der Waals surface area contributed by atoms with Crippen LogP contribution in [-0.2, 0) is 6.54 Å². The Morgan fingerprint density at radius 2 is 2.14 bits per heavy atom. The van der Waals surface area contributed by atoms with Gasteiger partial charge in [0.1, 0.15) is 5.69 Å². The number of hydrogen-bond donors (Lipinski definition) is 3. The van der Waals surface area contributed by atoms with E-state index in [0.29, 0.717) is 24.8 Å². The standard InChI is InChI=1S/C15H24N4O2/c16-18-15(21)14-8-4-5-12(17-14)11-19(9-10-20)13-6-2-1-3-7-13/h4-5,8,13,20H,1-3,6-7,9-11,16H2,(H,18,21). The fourth-order valence-electron chi connectivity index (χ4n) is 2.94. The van der Waals surface area contributed by atoms with E-state index in [1.54, 1.807) is 6.07 Å². The van der Waals surface area contributed by atoms with E-state index in [4.69, 9.17) is 5.84 Å². The molecule has 1 aliphatic carbocycles. The number of nitrogen functional groups attached to an aromatic ring is 1. The van der Waals surface area contributed by atoms with Crippen molar-refractivity contribution < 1.29 is 9.90 Å². The Labute approximate surface area is 125 Å². The lowest BCUT2D eigenvalue weighted by molar-refractivity contribution is 0.0946. The molecule has 21 heavy (non-hydrogen) atoms. The molecule has 0 bridgehead atoms. The second-order valence-electron chi connectivity index (χ2n) is 5.47. The van der Waals surface area contributed by atoms with Gasteiger partial charge < -0.3 is 5.11 Å². The van der Waals surface area contributed by atoms with Crippen LogP contribution in [0.2, 0.25) is 0 Å². The first kappa shape index (κ1) is 15.9. The van der Waals surface area contributed by atoms with Gasteiger partial charge in [-0.25, -0.2) is 10.8 Å². The van der Waals surface area contributed by atoms with Crippen LogP contribution in [0.15, 0.2) is 18.2 Å². The minimum absolute atomic E-state index is 0.138. The molecule has 1 aromatic rings. The molecule has 6 heteroatoms. The molecule has 1 aromatic heterocycles. The van der Waals surface area contributed by atoms with E-state index in [9.17, 15) is 9.90 Å². The normalized spacial score (nSPS) is 16.1. The maximum atomic E-state index is 11.5. The molecule has 1 fully saturated rings. The van der Waals surface area contributed by atoms with Gasteiger partial charge in [-0.05, 0) is 25.0 Å². The van der Waals surface area contributed by atoms with E-state index in [-0.39, 0.29) is 12.5 Å². The molecule has 0 unspecified atom stereocenters. The van der Waals surface area contributed by atoms with Crippen LogP contribution in [-0.4, -0.2) is 40.1 Å². The number of pyridine rings is 1. The number of hydrazine groups is 1. The van der Waals surface area contributed by atoms with E-state index in [1.165, 1.54) is 32.1 Å². The molecule has 0 atom stereocenters. The van der Waals surface area contributed by atoms with E-state index in [1.807, 2.05) is 12.1 Å². The third-order valence-electron chi connectivity index (χ3n) is 4.01. The quantitative estimate of drug-likeness (QED) is 0.410. The summed E-state index contributed by atoms with van der Waals surface area (Å²) >= 11 is 0. The summed E-state index contributed by atoms with van der Waals surface area (Å²) in [4.78, 5) is 18.1. The Balaban J connectivity index is 2.07. The Morgan fingerprint density at radius 1 is 1.38 bits per heavy atom. The van der Waals surface area contributed by atoms with Crippen molar-refractivity contribution in [3.63, 3.8) is 0 Å². The predicted octanol–water partition coefficient (Wildman–Crippen LogP) is 0.812. The third kappa shape index (κ3) is 4.49. The monoisotopic (exact) mass is 292 g/mol. The van der Waals surface area contributed by atoms with Crippen molar-refractivity contribution >= 4 is 5.91 Å². The van der Waals surface area contributed by atoms with Crippen LogP contribution < -0.4 is 11.3 Å². The van der Waals surface area contributed by atoms with E-state index in [0.717, 1.165) is 5.69 Å². The van der Waals surface area contributed by atoms with Crippen molar-refractivity contribution in [3.8, 4) is 0 Å². The summed E-state index contributed by atoms with van der Waals surface area (Å²) in [6.45, 7) is 1.43. The number of nitrogens with one attached hydrogen (secondary N) is 1. The van der Waals surface area contributed by atoms with Gasteiger partial charge in [-0.1, -0.05) is 25.3 Å². The highest BCUT2D eigenvalue weighted by atomic mass is 16.3. The van der Waals surface area contributed by atoms with Gasteiger partial charge in [0.25, 0.3) is 5.91 Å². The molecule has 1 saturated carbocycles. The molecule has 1 amide bonds. The predicted molar refractivity (Wildman–Crippen MR) is 80.3 cm³/mol. The molecule has 1 heterocycles. The SMILES string of the molecule is NNC(=O)c1cccc(CN(CCO)C2CCCCC2)n1. The second-order valence-corrected chi connectivity index (χ2v) is 5.47. The van der Waals surface area contributed by atoms with Crippen molar-refractivity contribution in [1.82, 2.24) is 15.3 Å². The number of amides is 1. The fourth-order valence-corrected chi connectivity index (χ4v) is 2.94. The number of carbonyl (C=O) groups is 1. The lowest BCUT2D eigenvalue weighted by Gasteiger charge is -2.33. The molecule has 1 aliphatic rings. The minimum Gasteiger partial charge on any atom is -0.395 e. The number of aromatic nitrogens is 1. The Morgan fingerprint density at radius 3 is 2.81 bits per heavy atom. The molecule has 2 rings (SSSR count). The van der Waals surface area contributed by atoms with E-state index < -0.39 is 0 Å². The number of nitrogens with zero attached hydrogens (tertiary/aromatic N) is 2. The summed E-state index contributed by atoms with van der Waals surface area (Å²) in [6.07, 6.45) is 6.13. The molecule has 116 valence electrons. The lowest BCUT2D eigenvalue weighted by atomic mass is 9.94. The second kappa shape index (κ2) is 8.07. The zero-order valence-corrected chi connectivity index (χ0v) is 12.3. The van der Waals surface area contributed by atoms with Gasteiger partial charge in [-0.3, -0.25) is 15.1 Å². The number of aliphatic hydroxyl groups is 1. The summed E-state index contributed by atoms with van der Waals surface area (Å²) < 4.78 is 0. The summed E-state index contributed by atoms with van der Waals surface area (Å²) in [5.41, 5.74) is 3.25. The molecule has 0 saturated heterocycles. The molecule has 0 aliphatic heterocycles. The Bertz CT molecular complexity index is 461. The van der Waals surface area contributed by atoms with Crippen molar-refractivity contribution in [2.45, 2.75) is 44.7 Å². The zero-order chi connectivity index (χ0) is 15.1. The van der Waals surface area contributed by atoms with Gasteiger partial charge in [-0.15, -0.1) is 0 Å². The first-order valence-electron chi connectivity index (χ1n) is 7.56. The summed E-state index contributed by atoms with van der Waals surface area (Å²) in [5.74, 6) is 4.75. The average Bonchev–Trinajstić information content (AvgIpc) is 2.55. The molecule has 0 radical (unpaired) electrons. The summed E-state index contributed by atoms with van der Waals surface area (Å²) in [6, 6.07) is 5.85. The zero-order valence-electron chi connectivity index (χ0n) is 12.3. The first-order chi connectivity index (χ1) is 10.2. The maximum Gasteiger partial charge on any atom is 0.283 e.